The Bertz CT molecular complexity index is 301. The summed E-state index contributed by atoms with van der Waals surface area (Å²) in [6, 6.07) is 1.12. The maximum atomic E-state index is 11.3. The van der Waals surface area contributed by atoms with Crippen molar-refractivity contribution >= 4 is 5.91 Å². The Kier molecular flexibility index (Phi) is 5.26. The van der Waals surface area contributed by atoms with Crippen molar-refractivity contribution in [3.05, 3.63) is 0 Å². The molecule has 1 amide bonds. The van der Waals surface area contributed by atoms with Gasteiger partial charge < -0.3 is 5.32 Å². The van der Waals surface area contributed by atoms with Crippen molar-refractivity contribution in [1.29, 1.82) is 0 Å². The maximum absolute atomic E-state index is 11.3. The van der Waals surface area contributed by atoms with Crippen LogP contribution in [0, 0.1) is 11.8 Å². The number of nitrogens with one attached hydrogen (secondary N) is 1. The molecule has 0 bridgehead atoms. The summed E-state index contributed by atoms with van der Waals surface area (Å²) < 4.78 is 0. The highest BCUT2D eigenvalue weighted by Crippen LogP contribution is 2.35. The number of carbonyl (C=O) groups excluding carboxylic acids is 1. The van der Waals surface area contributed by atoms with Gasteiger partial charge in [-0.2, -0.15) is 0 Å². The van der Waals surface area contributed by atoms with E-state index in [0.717, 1.165) is 30.8 Å². The molecule has 1 heterocycles. The zero-order valence-electron chi connectivity index (χ0n) is 12.8. The predicted molar refractivity (Wildman–Crippen MR) is 79.0 cm³/mol. The number of piperidine rings is 1. The van der Waals surface area contributed by atoms with Gasteiger partial charge in [0.25, 0.3) is 0 Å². The minimum Gasteiger partial charge on any atom is -0.352 e. The highest BCUT2D eigenvalue weighted by Gasteiger charge is 2.35. The first-order chi connectivity index (χ1) is 9.13. The second-order valence-corrected chi connectivity index (χ2v) is 6.53. The number of hydrogen-bond donors (Lipinski definition) is 1. The van der Waals surface area contributed by atoms with Crippen LogP contribution in [0.15, 0.2) is 0 Å². The van der Waals surface area contributed by atoms with Crippen molar-refractivity contribution in [2.75, 3.05) is 13.1 Å². The summed E-state index contributed by atoms with van der Waals surface area (Å²) in [7, 11) is 0. The lowest BCUT2D eigenvalue weighted by atomic mass is 9.77. The number of rotatable bonds is 5. The highest BCUT2D eigenvalue weighted by atomic mass is 16.1. The summed E-state index contributed by atoms with van der Waals surface area (Å²) in [6.45, 7) is 8.55. The lowest BCUT2D eigenvalue weighted by molar-refractivity contribution is -0.120. The van der Waals surface area contributed by atoms with Gasteiger partial charge in [-0.3, -0.25) is 9.69 Å². The van der Waals surface area contributed by atoms with Crippen LogP contribution in [0.2, 0.25) is 0 Å². The van der Waals surface area contributed by atoms with E-state index >= 15 is 0 Å². The van der Waals surface area contributed by atoms with Crippen LogP contribution in [0.3, 0.4) is 0 Å². The van der Waals surface area contributed by atoms with E-state index in [1.165, 1.54) is 38.6 Å². The monoisotopic (exact) mass is 266 g/mol. The third kappa shape index (κ3) is 3.71. The molecule has 0 aromatic carbocycles. The van der Waals surface area contributed by atoms with E-state index in [0.29, 0.717) is 6.04 Å². The Morgan fingerprint density at radius 1 is 1.32 bits per heavy atom. The van der Waals surface area contributed by atoms with Crippen molar-refractivity contribution in [2.24, 2.45) is 11.8 Å². The van der Waals surface area contributed by atoms with E-state index < -0.39 is 0 Å². The van der Waals surface area contributed by atoms with E-state index in [1.54, 1.807) is 6.92 Å². The molecule has 0 aromatic heterocycles. The van der Waals surface area contributed by atoms with Gasteiger partial charge in [-0.1, -0.05) is 26.7 Å². The second kappa shape index (κ2) is 6.74. The smallest absolute Gasteiger partial charge is 0.217 e. The summed E-state index contributed by atoms with van der Waals surface area (Å²) in [5, 5.41) is 3.15. The topological polar surface area (TPSA) is 32.3 Å². The average molecular weight is 266 g/mol. The molecular weight excluding hydrogens is 236 g/mol. The minimum absolute atomic E-state index is 0.124. The molecule has 1 aliphatic heterocycles. The van der Waals surface area contributed by atoms with E-state index in [-0.39, 0.29) is 5.91 Å². The van der Waals surface area contributed by atoms with Gasteiger partial charge in [0.1, 0.15) is 0 Å². The van der Waals surface area contributed by atoms with Gasteiger partial charge >= 0.3 is 0 Å². The lowest BCUT2D eigenvalue weighted by Gasteiger charge is -2.46. The second-order valence-electron chi connectivity index (χ2n) is 6.53. The maximum Gasteiger partial charge on any atom is 0.217 e. The van der Waals surface area contributed by atoms with Gasteiger partial charge in [0.05, 0.1) is 0 Å². The van der Waals surface area contributed by atoms with Crippen LogP contribution >= 0.6 is 0 Å². The molecule has 19 heavy (non-hydrogen) atoms. The summed E-state index contributed by atoms with van der Waals surface area (Å²) in [5.74, 6) is 1.79. The first kappa shape index (κ1) is 14.8. The summed E-state index contributed by atoms with van der Waals surface area (Å²) in [5.41, 5.74) is 0. The standard InChI is InChI=1S/C16H30N2O/c1-4-13-9-15(17-12(3)19)11-18(10-13)16(5-2)14-7-6-8-14/h13-16H,4-11H2,1-3H3,(H,17,19). The number of nitrogens with zero attached hydrogens (tertiary/aromatic N) is 1. The van der Waals surface area contributed by atoms with Crippen LogP contribution in [0.4, 0.5) is 0 Å². The zero-order valence-corrected chi connectivity index (χ0v) is 12.8. The molecule has 3 nitrogen and oxygen atoms in total. The van der Waals surface area contributed by atoms with Crippen molar-refractivity contribution in [3.8, 4) is 0 Å². The molecule has 0 spiro atoms. The fraction of sp³-hybridized carbons (Fsp3) is 0.938. The van der Waals surface area contributed by atoms with Crippen LogP contribution in [0.25, 0.3) is 0 Å². The number of amides is 1. The zero-order chi connectivity index (χ0) is 13.8. The first-order valence-corrected chi connectivity index (χ1v) is 8.15. The van der Waals surface area contributed by atoms with Gasteiger partial charge in [0.2, 0.25) is 5.91 Å². The molecule has 110 valence electrons. The van der Waals surface area contributed by atoms with Crippen LogP contribution in [0.5, 0.6) is 0 Å². The van der Waals surface area contributed by atoms with Crippen LogP contribution in [-0.4, -0.2) is 36.0 Å². The molecule has 2 aliphatic rings. The van der Waals surface area contributed by atoms with E-state index in [4.69, 9.17) is 0 Å². The quantitative estimate of drug-likeness (QED) is 0.830. The summed E-state index contributed by atoms with van der Waals surface area (Å²) in [4.78, 5) is 14.0. The van der Waals surface area contributed by atoms with Crippen molar-refractivity contribution in [3.63, 3.8) is 0 Å². The van der Waals surface area contributed by atoms with Crippen molar-refractivity contribution in [2.45, 2.75) is 71.4 Å². The van der Waals surface area contributed by atoms with E-state index in [2.05, 4.69) is 24.1 Å². The number of likely N-dealkylation sites (tertiary alicyclic amines) is 1. The highest BCUT2D eigenvalue weighted by molar-refractivity contribution is 5.73. The molecule has 2 rings (SSSR count). The molecule has 1 aliphatic carbocycles. The molecule has 1 N–H and O–H groups in total. The fourth-order valence-corrected chi connectivity index (χ4v) is 3.91. The van der Waals surface area contributed by atoms with Crippen LogP contribution < -0.4 is 5.32 Å². The normalized spacial score (nSPS) is 30.7. The number of hydrogen-bond acceptors (Lipinski definition) is 2. The SMILES string of the molecule is CCC1CC(NC(C)=O)CN(C(CC)C2CCC2)C1. The van der Waals surface area contributed by atoms with E-state index in [9.17, 15) is 4.79 Å². The molecule has 3 atom stereocenters. The Balaban J connectivity index is 1.98. The molecule has 3 heteroatoms. The number of carbonyl (C=O) groups is 1. The molecule has 1 saturated carbocycles. The molecule has 1 saturated heterocycles. The molecule has 0 aromatic rings. The van der Waals surface area contributed by atoms with Gasteiger partial charge in [-0.05, 0) is 37.5 Å². The van der Waals surface area contributed by atoms with Crippen molar-refractivity contribution < 1.29 is 4.79 Å². The fourth-order valence-electron chi connectivity index (χ4n) is 3.91. The molecule has 2 fully saturated rings. The lowest BCUT2D eigenvalue weighted by Crippen LogP contribution is -2.55. The first-order valence-electron chi connectivity index (χ1n) is 8.15. The van der Waals surface area contributed by atoms with Gasteiger partial charge in [0.15, 0.2) is 0 Å². The Morgan fingerprint density at radius 2 is 2.05 bits per heavy atom. The van der Waals surface area contributed by atoms with Crippen LogP contribution in [-0.2, 0) is 4.79 Å². The predicted octanol–water partition coefficient (Wildman–Crippen LogP) is 2.80. The minimum atomic E-state index is 0.124. The molecular formula is C16H30N2O. The Morgan fingerprint density at radius 3 is 2.53 bits per heavy atom. The summed E-state index contributed by atoms with van der Waals surface area (Å²) >= 11 is 0. The largest absolute Gasteiger partial charge is 0.352 e. The van der Waals surface area contributed by atoms with Gasteiger partial charge in [-0.15, -0.1) is 0 Å². The van der Waals surface area contributed by atoms with Crippen molar-refractivity contribution in [1.82, 2.24) is 10.2 Å². The Labute approximate surface area is 118 Å². The molecule has 3 unspecified atom stereocenters. The van der Waals surface area contributed by atoms with Crippen LogP contribution in [0.1, 0.15) is 59.3 Å². The third-order valence-corrected chi connectivity index (χ3v) is 5.13. The van der Waals surface area contributed by atoms with Gasteiger partial charge in [-0.25, -0.2) is 0 Å². The summed E-state index contributed by atoms with van der Waals surface area (Å²) in [6.07, 6.45) is 7.89. The van der Waals surface area contributed by atoms with E-state index in [1.807, 2.05) is 0 Å². The Hall–Kier alpha value is -0.570. The third-order valence-electron chi connectivity index (χ3n) is 5.13. The molecule has 0 radical (unpaired) electrons. The van der Waals surface area contributed by atoms with Gasteiger partial charge in [0, 0.05) is 32.1 Å². The average Bonchev–Trinajstić information content (AvgIpc) is 2.32.